The number of ether oxygens (including phenoxy) is 1. The lowest BCUT2D eigenvalue weighted by atomic mass is 10.1. The zero-order valence-corrected chi connectivity index (χ0v) is 11.6. The van der Waals surface area contributed by atoms with Crippen molar-refractivity contribution in [1.82, 2.24) is 0 Å². The van der Waals surface area contributed by atoms with Crippen molar-refractivity contribution in [2.45, 2.75) is 26.4 Å². The molecule has 0 unspecified atom stereocenters. The van der Waals surface area contributed by atoms with E-state index in [1.807, 2.05) is 36.4 Å². The molecule has 0 bridgehead atoms. The van der Waals surface area contributed by atoms with Gasteiger partial charge in [-0.3, -0.25) is 4.79 Å². The van der Waals surface area contributed by atoms with Gasteiger partial charge in [0.25, 0.3) is 0 Å². The molecule has 20 heavy (non-hydrogen) atoms. The van der Waals surface area contributed by atoms with Crippen molar-refractivity contribution in [1.29, 1.82) is 0 Å². The summed E-state index contributed by atoms with van der Waals surface area (Å²) in [5.74, 6) is 0.556. The fourth-order valence-corrected chi connectivity index (χ4v) is 1.95. The number of carbonyl (C=O) groups excluding carboxylic acids is 1. The molecule has 0 aliphatic rings. The first-order chi connectivity index (χ1) is 9.65. The fourth-order valence-electron chi connectivity index (χ4n) is 1.95. The van der Waals surface area contributed by atoms with Crippen LogP contribution < -0.4 is 10.5 Å². The normalized spacial score (nSPS) is 10.2. The number of benzene rings is 2. The fraction of sp³-hybridized carbons (Fsp3) is 0.235. The minimum atomic E-state index is -0.273. The summed E-state index contributed by atoms with van der Waals surface area (Å²) in [5.41, 5.74) is 8.64. The molecule has 0 spiro atoms. The molecule has 3 heteroatoms. The van der Waals surface area contributed by atoms with Crippen LogP contribution in [-0.2, 0) is 17.8 Å². The van der Waals surface area contributed by atoms with Crippen LogP contribution in [0.25, 0.3) is 0 Å². The highest BCUT2D eigenvalue weighted by Gasteiger charge is 2.01. The van der Waals surface area contributed by atoms with Crippen LogP contribution in [0.2, 0.25) is 0 Å². The van der Waals surface area contributed by atoms with Crippen LogP contribution in [0.1, 0.15) is 23.1 Å². The van der Waals surface area contributed by atoms with Crippen molar-refractivity contribution in [3.8, 4) is 5.75 Å². The van der Waals surface area contributed by atoms with E-state index in [1.54, 1.807) is 0 Å². The van der Waals surface area contributed by atoms with Gasteiger partial charge in [-0.2, -0.15) is 0 Å². The van der Waals surface area contributed by atoms with Crippen molar-refractivity contribution in [3.05, 3.63) is 65.2 Å². The van der Waals surface area contributed by atoms with Gasteiger partial charge in [-0.25, -0.2) is 0 Å². The molecule has 0 heterocycles. The molecule has 0 atom stereocenters. The summed E-state index contributed by atoms with van der Waals surface area (Å²) in [6.07, 6.45) is 1.05. The van der Waals surface area contributed by atoms with Gasteiger partial charge in [0.05, 0.1) is 0 Å². The molecular formula is C17H19NO2. The second kappa shape index (κ2) is 6.75. The third kappa shape index (κ3) is 4.12. The standard InChI is InChI=1S/C17H19NO2/c1-13-4-2-3-5-15(13)12-20-16-9-6-14(7-10-16)8-11-17(18)19/h2-7,9-10H,8,11-12H2,1H3,(H2,18,19). The predicted molar refractivity (Wildman–Crippen MR) is 79.5 cm³/mol. The van der Waals surface area contributed by atoms with Crippen LogP contribution in [-0.4, -0.2) is 5.91 Å². The Bertz CT molecular complexity index is 576. The lowest BCUT2D eigenvalue weighted by Crippen LogP contribution is -2.11. The van der Waals surface area contributed by atoms with Crippen LogP contribution in [0.15, 0.2) is 48.5 Å². The van der Waals surface area contributed by atoms with Gasteiger partial charge in [0.15, 0.2) is 0 Å². The number of hydrogen-bond acceptors (Lipinski definition) is 2. The van der Waals surface area contributed by atoms with E-state index in [2.05, 4.69) is 19.1 Å². The molecule has 0 saturated heterocycles. The monoisotopic (exact) mass is 269 g/mol. The van der Waals surface area contributed by atoms with E-state index in [9.17, 15) is 4.79 Å². The molecule has 0 fully saturated rings. The van der Waals surface area contributed by atoms with E-state index < -0.39 is 0 Å². The molecule has 0 aromatic heterocycles. The zero-order valence-electron chi connectivity index (χ0n) is 11.6. The van der Waals surface area contributed by atoms with E-state index >= 15 is 0 Å². The second-order valence-corrected chi connectivity index (χ2v) is 4.83. The topological polar surface area (TPSA) is 52.3 Å². The predicted octanol–water partition coefficient (Wildman–Crippen LogP) is 2.99. The summed E-state index contributed by atoms with van der Waals surface area (Å²) >= 11 is 0. The lowest BCUT2D eigenvalue weighted by molar-refractivity contribution is -0.117. The number of carbonyl (C=O) groups is 1. The van der Waals surface area contributed by atoms with Gasteiger partial charge in [-0.15, -0.1) is 0 Å². The number of hydrogen-bond donors (Lipinski definition) is 1. The number of aryl methyl sites for hydroxylation is 2. The third-order valence-corrected chi connectivity index (χ3v) is 3.24. The summed E-state index contributed by atoms with van der Waals surface area (Å²) in [5, 5.41) is 0. The first-order valence-electron chi connectivity index (χ1n) is 6.69. The SMILES string of the molecule is Cc1ccccc1COc1ccc(CCC(N)=O)cc1. The molecule has 2 rings (SSSR count). The van der Waals surface area contributed by atoms with Gasteiger partial charge >= 0.3 is 0 Å². The third-order valence-electron chi connectivity index (χ3n) is 3.24. The number of amides is 1. The molecule has 0 saturated carbocycles. The summed E-state index contributed by atoms with van der Waals surface area (Å²) in [6.45, 7) is 2.64. The van der Waals surface area contributed by atoms with Crippen molar-refractivity contribution in [2.24, 2.45) is 5.73 Å². The van der Waals surface area contributed by atoms with E-state index in [1.165, 1.54) is 11.1 Å². The molecule has 1 amide bonds. The van der Waals surface area contributed by atoms with Gasteiger partial charge in [0.1, 0.15) is 12.4 Å². The quantitative estimate of drug-likeness (QED) is 0.876. The molecule has 104 valence electrons. The number of primary amides is 1. The van der Waals surface area contributed by atoms with Gasteiger partial charge in [0.2, 0.25) is 5.91 Å². The minimum Gasteiger partial charge on any atom is -0.489 e. The van der Waals surface area contributed by atoms with Crippen LogP contribution in [0.3, 0.4) is 0 Å². The van der Waals surface area contributed by atoms with Crippen molar-refractivity contribution < 1.29 is 9.53 Å². The molecule has 0 aliphatic carbocycles. The molecular weight excluding hydrogens is 250 g/mol. The first kappa shape index (κ1) is 14.1. The summed E-state index contributed by atoms with van der Waals surface area (Å²) < 4.78 is 5.76. The maximum absolute atomic E-state index is 10.7. The Hall–Kier alpha value is -2.29. The van der Waals surface area contributed by atoms with E-state index in [0.717, 1.165) is 11.3 Å². The molecule has 3 nitrogen and oxygen atoms in total. The van der Waals surface area contributed by atoms with Crippen LogP contribution >= 0.6 is 0 Å². The molecule has 0 radical (unpaired) electrons. The lowest BCUT2D eigenvalue weighted by Gasteiger charge is -2.09. The highest BCUT2D eigenvalue weighted by atomic mass is 16.5. The van der Waals surface area contributed by atoms with E-state index in [0.29, 0.717) is 19.4 Å². The summed E-state index contributed by atoms with van der Waals surface area (Å²) in [6, 6.07) is 16.0. The average molecular weight is 269 g/mol. The average Bonchev–Trinajstić information content (AvgIpc) is 2.45. The van der Waals surface area contributed by atoms with Gasteiger partial charge in [-0.1, -0.05) is 36.4 Å². The van der Waals surface area contributed by atoms with Crippen molar-refractivity contribution in [2.75, 3.05) is 0 Å². The maximum Gasteiger partial charge on any atom is 0.217 e. The van der Waals surface area contributed by atoms with Crippen molar-refractivity contribution >= 4 is 5.91 Å². The smallest absolute Gasteiger partial charge is 0.217 e. The Balaban J connectivity index is 1.91. The summed E-state index contributed by atoms with van der Waals surface area (Å²) in [4.78, 5) is 10.7. The minimum absolute atomic E-state index is 0.273. The molecule has 2 aromatic carbocycles. The highest BCUT2D eigenvalue weighted by molar-refractivity contribution is 5.74. The number of nitrogens with two attached hydrogens (primary N) is 1. The van der Waals surface area contributed by atoms with Gasteiger partial charge in [0, 0.05) is 6.42 Å². The Morgan fingerprint density at radius 3 is 2.45 bits per heavy atom. The summed E-state index contributed by atoms with van der Waals surface area (Å²) in [7, 11) is 0. The second-order valence-electron chi connectivity index (χ2n) is 4.83. The number of rotatable bonds is 6. The Morgan fingerprint density at radius 2 is 1.80 bits per heavy atom. The van der Waals surface area contributed by atoms with Crippen LogP contribution in [0.4, 0.5) is 0 Å². The van der Waals surface area contributed by atoms with Crippen LogP contribution in [0, 0.1) is 6.92 Å². The van der Waals surface area contributed by atoms with E-state index in [-0.39, 0.29) is 5.91 Å². The Labute approximate surface area is 119 Å². The van der Waals surface area contributed by atoms with E-state index in [4.69, 9.17) is 10.5 Å². The molecule has 2 N–H and O–H groups in total. The highest BCUT2D eigenvalue weighted by Crippen LogP contribution is 2.16. The maximum atomic E-state index is 10.7. The van der Waals surface area contributed by atoms with Gasteiger partial charge in [-0.05, 0) is 42.2 Å². The molecule has 2 aromatic rings. The zero-order chi connectivity index (χ0) is 14.4. The Morgan fingerprint density at radius 1 is 1.10 bits per heavy atom. The largest absolute Gasteiger partial charge is 0.489 e. The van der Waals surface area contributed by atoms with Crippen molar-refractivity contribution in [3.63, 3.8) is 0 Å². The molecule has 0 aliphatic heterocycles. The van der Waals surface area contributed by atoms with Gasteiger partial charge < -0.3 is 10.5 Å². The van der Waals surface area contributed by atoms with Crippen LogP contribution in [0.5, 0.6) is 5.75 Å². The first-order valence-corrected chi connectivity index (χ1v) is 6.69. The Kier molecular flexibility index (Phi) is 4.77.